The highest BCUT2D eigenvalue weighted by atomic mass is 16.5. The average molecular weight is 260 g/mol. The summed E-state index contributed by atoms with van der Waals surface area (Å²) >= 11 is 0. The Kier molecular flexibility index (Phi) is 4.71. The van der Waals surface area contributed by atoms with Crippen LogP contribution in [-0.4, -0.2) is 30.9 Å². The summed E-state index contributed by atoms with van der Waals surface area (Å²) in [6.07, 6.45) is 1.85. The molecule has 0 aliphatic heterocycles. The molecule has 2 aromatic rings. The number of rotatable bonds is 6. The van der Waals surface area contributed by atoms with Crippen LogP contribution in [0.1, 0.15) is 6.92 Å². The van der Waals surface area contributed by atoms with E-state index in [1.54, 1.807) is 11.7 Å². The maximum absolute atomic E-state index is 12.2. The lowest BCUT2D eigenvalue weighted by Crippen LogP contribution is -2.34. The Labute approximate surface area is 113 Å². The highest BCUT2D eigenvalue weighted by molar-refractivity contribution is 5.81. The molecule has 2 rings (SSSR count). The molecule has 0 saturated carbocycles. The van der Waals surface area contributed by atoms with Crippen LogP contribution in [-0.2, 0) is 11.3 Å². The summed E-state index contributed by atoms with van der Waals surface area (Å²) < 4.78 is 6.80. The smallest absolute Gasteiger partial charge is 0.258 e. The number of pyridine rings is 1. The summed E-state index contributed by atoms with van der Waals surface area (Å²) in [7, 11) is 1.69. The number of ether oxygens (including phenoxy) is 1. The van der Waals surface area contributed by atoms with Crippen molar-refractivity contribution in [2.75, 3.05) is 20.3 Å². The third kappa shape index (κ3) is 3.43. The number of aromatic nitrogens is 1. The highest BCUT2D eigenvalue weighted by Gasteiger charge is 2.03. The molecule has 1 N–H and O–H groups in total. The van der Waals surface area contributed by atoms with Crippen LogP contribution in [0.15, 0.2) is 41.3 Å². The monoisotopic (exact) mass is 260 g/mol. The van der Waals surface area contributed by atoms with Gasteiger partial charge >= 0.3 is 0 Å². The van der Waals surface area contributed by atoms with Gasteiger partial charge in [0.15, 0.2) is 0 Å². The van der Waals surface area contributed by atoms with Gasteiger partial charge in [-0.3, -0.25) is 4.79 Å². The zero-order valence-corrected chi connectivity index (χ0v) is 11.4. The highest BCUT2D eigenvalue weighted by Crippen LogP contribution is 2.07. The normalized spacial score (nSPS) is 12.7. The second kappa shape index (κ2) is 6.50. The molecule has 1 aromatic carbocycles. The molecule has 0 aliphatic rings. The van der Waals surface area contributed by atoms with Crippen LogP contribution in [0.25, 0.3) is 10.8 Å². The number of fused-ring (bicyclic) bond motifs is 1. The number of benzene rings is 1. The topological polar surface area (TPSA) is 43.3 Å². The predicted octanol–water partition coefficient (Wildman–Crippen LogP) is 1.63. The van der Waals surface area contributed by atoms with Gasteiger partial charge in [-0.25, -0.2) is 0 Å². The van der Waals surface area contributed by atoms with Gasteiger partial charge in [-0.1, -0.05) is 18.2 Å². The first-order valence-corrected chi connectivity index (χ1v) is 6.53. The largest absolute Gasteiger partial charge is 0.383 e. The number of nitrogens with one attached hydrogen (secondary N) is 1. The second-order valence-electron chi connectivity index (χ2n) is 4.71. The predicted molar refractivity (Wildman–Crippen MR) is 77.5 cm³/mol. The van der Waals surface area contributed by atoms with Gasteiger partial charge in [0.1, 0.15) is 0 Å². The first kappa shape index (κ1) is 13.8. The molecule has 0 aliphatic carbocycles. The van der Waals surface area contributed by atoms with Gasteiger partial charge in [-0.05, 0) is 24.4 Å². The number of methoxy groups -OCH3 is 1. The fourth-order valence-corrected chi connectivity index (χ4v) is 2.15. The van der Waals surface area contributed by atoms with Gasteiger partial charge in [0.2, 0.25) is 0 Å². The Bertz CT molecular complexity index is 592. The summed E-state index contributed by atoms with van der Waals surface area (Å²) in [5.74, 6) is 0. The summed E-state index contributed by atoms with van der Waals surface area (Å²) in [4.78, 5) is 12.2. The molecule has 1 atom stereocenters. The maximum Gasteiger partial charge on any atom is 0.258 e. The van der Waals surface area contributed by atoms with Crippen LogP contribution in [0.2, 0.25) is 0 Å². The van der Waals surface area contributed by atoms with Crippen LogP contribution in [0.4, 0.5) is 0 Å². The van der Waals surface area contributed by atoms with Crippen molar-refractivity contribution in [3.8, 4) is 0 Å². The lowest BCUT2D eigenvalue weighted by Gasteiger charge is -2.13. The van der Waals surface area contributed by atoms with Crippen molar-refractivity contribution in [1.82, 2.24) is 9.88 Å². The van der Waals surface area contributed by atoms with E-state index in [2.05, 4.69) is 12.2 Å². The van der Waals surface area contributed by atoms with Crippen molar-refractivity contribution in [3.05, 3.63) is 46.9 Å². The van der Waals surface area contributed by atoms with Crippen molar-refractivity contribution in [2.45, 2.75) is 19.5 Å². The van der Waals surface area contributed by atoms with E-state index in [1.807, 2.05) is 36.5 Å². The minimum absolute atomic E-state index is 0.0688. The minimum atomic E-state index is 0.0688. The zero-order chi connectivity index (χ0) is 13.7. The van der Waals surface area contributed by atoms with E-state index in [4.69, 9.17) is 4.74 Å². The molecular formula is C15H20N2O2. The van der Waals surface area contributed by atoms with Gasteiger partial charge in [-0.2, -0.15) is 0 Å². The van der Waals surface area contributed by atoms with Gasteiger partial charge < -0.3 is 14.6 Å². The van der Waals surface area contributed by atoms with E-state index in [1.165, 1.54) is 0 Å². The molecule has 0 bridgehead atoms. The van der Waals surface area contributed by atoms with E-state index in [0.29, 0.717) is 19.2 Å². The van der Waals surface area contributed by atoms with Crippen molar-refractivity contribution >= 4 is 10.8 Å². The minimum Gasteiger partial charge on any atom is -0.383 e. The molecule has 102 valence electrons. The fourth-order valence-electron chi connectivity index (χ4n) is 2.15. The first-order chi connectivity index (χ1) is 9.22. The van der Waals surface area contributed by atoms with Crippen molar-refractivity contribution < 1.29 is 4.74 Å². The lowest BCUT2D eigenvalue weighted by molar-refractivity contribution is 0.172. The molecule has 4 nitrogen and oxygen atoms in total. The molecule has 4 heteroatoms. The van der Waals surface area contributed by atoms with E-state index < -0.39 is 0 Å². The van der Waals surface area contributed by atoms with Crippen molar-refractivity contribution in [1.29, 1.82) is 0 Å². The Morgan fingerprint density at radius 2 is 2.11 bits per heavy atom. The number of hydrogen-bond donors (Lipinski definition) is 1. The molecule has 0 radical (unpaired) electrons. The van der Waals surface area contributed by atoms with Crippen LogP contribution in [0.3, 0.4) is 0 Å². The quantitative estimate of drug-likeness (QED) is 0.858. The van der Waals surface area contributed by atoms with Crippen molar-refractivity contribution in [2.24, 2.45) is 0 Å². The van der Waals surface area contributed by atoms with Gasteiger partial charge in [0.25, 0.3) is 5.56 Å². The molecule has 19 heavy (non-hydrogen) atoms. The fraction of sp³-hybridized carbons (Fsp3) is 0.400. The van der Waals surface area contributed by atoms with Crippen LogP contribution in [0.5, 0.6) is 0 Å². The van der Waals surface area contributed by atoms with Crippen LogP contribution < -0.4 is 10.9 Å². The number of nitrogens with zero attached hydrogens (tertiary/aromatic N) is 1. The molecule has 0 fully saturated rings. The Balaban J connectivity index is 2.05. The van der Waals surface area contributed by atoms with Crippen LogP contribution >= 0.6 is 0 Å². The summed E-state index contributed by atoms with van der Waals surface area (Å²) in [6, 6.07) is 9.94. The lowest BCUT2D eigenvalue weighted by atomic mass is 10.2. The first-order valence-electron chi connectivity index (χ1n) is 6.53. The maximum atomic E-state index is 12.2. The van der Waals surface area contributed by atoms with Gasteiger partial charge in [0, 0.05) is 37.8 Å². The van der Waals surface area contributed by atoms with Gasteiger partial charge in [-0.15, -0.1) is 0 Å². The average Bonchev–Trinajstić information content (AvgIpc) is 2.42. The van der Waals surface area contributed by atoms with Gasteiger partial charge in [0.05, 0.1) is 6.61 Å². The summed E-state index contributed by atoms with van der Waals surface area (Å²) in [5.41, 5.74) is 0.0688. The molecule has 1 unspecified atom stereocenters. The molecule has 0 amide bonds. The SMILES string of the molecule is COCC(C)NCCn1ccc2ccccc2c1=O. The molecular weight excluding hydrogens is 240 g/mol. The molecule has 0 saturated heterocycles. The van der Waals surface area contributed by atoms with E-state index in [9.17, 15) is 4.79 Å². The van der Waals surface area contributed by atoms with Crippen molar-refractivity contribution in [3.63, 3.8) is 0 Å². The molecule has 1 heterocycles. The Hall–Kier alpha value is -1.65. The molecule has 1 aromatic heterocycles. The summed E-state index contributed by atoms with van der Waals surface area (Å²) in [5, 5.41) is 5.09. The second-order valence-corrected chi connectivity index (χ2v) is 4.71. The third-order valence-corrected chi connectivity index (χ3v) is 3.15. The number of hydrogen-bond acceptors (Lipinski definition) is 3. The molecule has 0 spiro atoms. The zero-order valence-electron chi connectivity index (χ0n) is 11.4. The standard InChI is InChI=1S/C15H20N2O2/c1-12(11-19-2)16-8-10-17-9-7-13-5-3-4-6-14(13)15(17)18/h3-7,9,12,16H,8,10-11H2,1-2H3. The van der Waals surface area contributed by atoms with E-state index in [0.717, 1.165) is 17.3 Å². The summed E-state index contributed by atoms with van der Waals surface area (Å²) in [6.45, 7) is 4.15. The van der Waals surface area contributed by atoms with E-state index >= 15 is 0 Å². The Morgan fingerprint density at radius 1 is 1.32 bits per heavy atom. The Morgan fingerprint density at radius 3 is 2.89 bits per heavy atom. The third-order valence-electron chi connectivity index (χ3n) is 3.15. The van der Waals surface area contributed by atoms with E-state index in [-0.39, 0.29) is 5.56 Å². The van der Waals surface area contributed by atoms with Crippen LogP contribution in [0, 0.1) is 0 Å².